The van der Waals surface area contributed by atoms with Crippen molar-refractivity contribution in [3.63, 3.8) is 0 Å². The molecule has 0 bridgehead atoms. The Balaban J connectivity index is 2.27. The summed E-state index contributed by atoms with van der Waals surface area (Å²) >= 11 is 0. The summed E-state index contributed by atoms with van der Waals surface area (Å²) < 4.78 is 32.6. The van der Waals surface area contributed by atoms with Crippen LogP contribution in [0.4, 0.5) is 8.78 Å². The van der Waals surface area contributed by atoms with Crippen molar-refractivity contribution in [2.24, 2.45) is 0 Å². The molecule has 1 aromatic carbocycles. The second-order valence-electron chi connectivity index (χ2n) is 4.61. The Bertz CT molecular complexity index is 606. The molecule has 2 aromatic rings. The molecule has 94 valence electrons. The van der Waals surface area contributed by atoms with Gasteiger partial charge in [-0.15, -0.1) is 0 Å². The van der Waals surface area contributed by atoms with Gasteiger partial charge in [-0.05, 0) is 43.5 Å². The van der Waals surface area contributed by atoms with Crippen molar-refractivity contribution < 1.29 is 13.5 Å². The number of fused-ring (bicyclic) bond motifs is 1. The molecule has 1 atom stereocenters. The summed E-state index contributed by atoms with van der Waals surface area (Å²) in [5.74, 6) is -1.74. The van der Waals surface area contributed by atoms with Crippen LogP contribution in [0.3, 0.4) is 0 Å². The average Bonchev–Trinajstić information content (AvgIpc) is 2.87. The minimum absolute atomic E-state index is 0.0286. The molecular formula is C14H13F2NO. The quantitative estimate of drug-likeness (QED) is 0.769. The van der Waals surface area contributed by atoms with Crippen molar-refractivity contribution in [2.75, 3.05) is 6.61 Å². The average molecular weight is 249 g/mol. The van der Waals surface area contributed by atoms with E-state index in [0.717, 1.165) is 31.1 Å². The van der Waals surface area contributed by atoms with Crippen LogP contribution in [0.1, 0.15) is 30.2 Å². The molecule has 18 heavy (non-hydrogen) atoms. The molecule has 1 aliphatic heterocycles. The van der Waals surface area contributed by atoms with Crippen LogP contribution < -0.4 is 0 Å². The van der Waals surface area contributed by atoms with Crippen LogP contribution in [-0.2, 0) is 4.74 Å². The van der Waals surface area contributed by atoms with Gasteiger partial charge in [0.05, 0.1) is 6.10 Å². The van der Waals surface area contributed by atoms with Crippen molar-refractivity contribution in [1.29, 1.82) is 0 Å². The Kier molecular flexibility index (Phi) is 2.74. The maximum atomic E-state index is 13.8. The lowest BCUT2D eigenvalue weighted by Gasteiger charge is -2.14. The first-order valence-corrected chi connectivity index (χ1v) is 6.03. The number of benzene rings is 1. The third-order valence-electron chi connectivity index (χ3n) is 3.31. The fourth-order valence-electron chi connectivity index (χ4n) is 2.48. The number of rotatable bonds is 1. The van der Waals surface area contributed by atoms with Gasteiger partial charge in [0.15, 0.2) is 11.6 Å². The number of hydrogen-bond donors (Lipinski definition) is 0. The van der Waals surface area contributed by atoms with Gasteiger partial charge < -0.3 is 4.74 Å². The van der Waals surface area contributed by atoms with E-state index in [1.165, 1.54) is 0 Å². The Hall–Kier alpha value is -1.55. The lowest BCUT2D eigenvalue weighted by molar-refractivity contribution is 0.113. The van der Waals surface area contributed by atoms with E-state index in [9.17, 15) is 8.78 Å². The second kappa shape index (κ2) is 4.28. The van der Waals surface area contributed by atoms with Crippen LogP contribution in [0.5, 0.6) is 0 Å². The number of aryl methyl sites for hydroxylation is 1. The van der Waals surface area contributed by atoms with E-state index in [1.54, 1.807) is 13.0 Å². The molecule has 1 fully saturated rings. The van der Waals surface area contributed by atoms with Gasteiger partial charge in [0.25, 0.3) is 0 Å². The smallest absolute Gasteiger partial charge is 0.185 e. The first kappa shape index (κ1) is 11.5. The Morgan fingerprint density at radius 1 is 1.33 bits per heavy atom. The van der Waals surface area contributed by atoms with Crippen molar-refractivity contribution in [2.45, 2.75) is 25.9 Å². The van der Waals surface area contributed by atoms with Crippen LogP contribution in [0.25, 0.3) is 10.9 Å². The number of pyridine rings is 1. The van der Waals surface area contributed by atoms with Crippen LogP contribution in [0, 0.1) is 18.6 Å². The maximum absolute atomic E-state index is 13.8. The zero-order chi connectivity index (χ0) is 12.7. The molecule has 1 aliphatic rings. The Morgan fingerprint density at radius 2 is 2.17 bits per heavy atom. The minimum Gasteiger partial charge on any atom is -0.374 e. The molecule has 0 radical (unpaired) electrons. The summed E-state index contributed by atoms with van der Waals surface area (Å²) in [6.45, 7) is 2.50. The number of hydrogen-bond acceptors (Lipinski definition) is 2. The van der Waals surface area contributed by atoms with Crippen molar-refractivity contribution in [3.8, 4) is 0 Å². The molecule has 2 nitrogen and oxygen atoms in total. The SMILES string of the molecule is Cc1cc(C2CCCO2)c2ccc(F)c(F)c2n1. The van der Waals surface area contributed by atoms with E-state index >= 15 is 0 Å². The van der Waals surface area contributed by atoms with Crippen molar-refractivity contribution in [3.05, 3.63) is 41.1 Å². The highest BCUT2D eigenvalue weighted by Gasteiger charge is 2.22. The summed E-state index contributed by atoms with van der Waals surface area (Å²) in [4.78, 5) is 4.10. The monoisotopic (exact) mass is 249 g/mol. The number of halogens is 2. The molecule has 0 amide bonds. The van der Waals surface area contributed by atoms with Gasteiger partial charge in [-0.3, -0.25) is 0 Å². The van der Waals surface area contributed by atoms with Crippen molar-refractivity contribution >= 4 is 10.9 Å². The van der Waals surface area contributed by atoms with Gasteiger partial charge in [0, 0.05) is 17.7 Å². The van der Waals surface area contributed by atoms with Gasteiger partial charge in [-0.1, -0.05) is 0 Å². The summed E-state index contributed by atoms with van der Waals surface area (Å²) in [5, 5.41) is 0.645. The molecular weight excluding hydrogens is 236 g/mol. The summed E-state index contributed by atoms with van der Waals surface area (Å²) in [6, 6.07) is 4.62. The first-order chi connectivity index (χ1) is 8.66. The molecule has 1 unspecified atom stereocenters. The zero-order valence-corrected chi connectivity index (χ0v) is 10.0. The van der Waals surface area contributed by atoms with Crippen LogP contribution >= 0.6 is 0 Å². The Morgan fingerprint density at radius 3 is 2.89 bits per heavy atom. The van der Waals surface area contributed by atoms with Crippen LogP contribution in [0.2, 0.25) is 0 Å². The van der Waals surface area contributed by atoms with Gasteiger partial charge in [0.1, 0.15) is 5.52 Å². The molecule has 0 aliphatic carbocycles. The zero-order valence-electron chi connectivity index (χ0n) is 10.0. The highest BCUT2D eigenvalue weighted by molar-refractivity contribution is 5.83. The standard InChI is InChI=1S/C14H13F2NO/c1-8-7-10(12-3-2-6-18-12)9-4-5-11(15)13(16)14(9)17-8/h4-5,7,12H,2-3,6H2,1H3. The molecule has 0 spiro atoms. The normalized spacial score (nSPS) is 19.6. The highest BCUT2D eigenvalue weighted by atomic mass is 19.2. The Labute approximate surface area is 104 Å². The lowest BCUT2D eigenvalue weighted by atomic mass is 10.0. The molecule has 0 N–H and O–H groups in total. The van der Waals surface area contributed by atoms with E-state index in [4.69, 9.17) is 4.74 Å². The minimum atomic E-state index is -0.879. The van der Waals surface area contributed by atoms with Crippen molar-refractivity contribution in [1.82, 2.24) is 4.98 Å². The molecule has 3 rings (SSSR count). The van der Waals surface area contributed by atoms with E-state index in [-0.39, 0.29) is 11.6 Å². The molecule has 4 heteroatoms. The maximum Gasteiger partial charge on any atom is 0.185 e. The number of ether oxygens (including phenoxy) is 1. The van der Waals surface area contributed by atoms with E-state index in [1.807, 2.05) is 6.07 Å². The van der Waals surface area contributed by atoms with E-state index < -0.39 is 11.6 Å². The van der Waals surface area contributed by atoms with E-state index in [2.05, 4.69) is 4.98 Å². The van der Waals surface area contributed by atoms with E-state index in [0.29, 0.717) is 11.1 Å². The predicted molar refractivity (Wildman–Crippen MR) is 64.3 cm³/mol. The third-order valence-corrected chi connectivity index (χ3v) is 3.31. The largest absolute Gasteiger partial charge is 0.374 e. The van der Waals surface area contributed by atoms with Crippen LogP contribution in [-0.4, -0.2) is 11.6 Å². The predicted octanol–water partition coefficient (Wildman–Crippen LogP) is 3.67. The molecule has 1 saturated heterocycles. The summed E-state index contributed by atoms with van der Waals surface area (Å²) in [6.07, 6.45) is 1.88. The summed E-state index contributed by atoms with van der Waals surface area (Å²) in [5.41, 5.74) is 1.69. The van der Waals surface area contributed by atoms with Gasteiger partial charge in [0.2, 0.25) is 0 Å². The second-order valence-corrected chi connectivity index (χ2v) is 4.61. The summed E-state index contributed by atoms with van der Waals surface area (Å²) in [7, 11) is 0. The number of nitrogens with zero attached hydrogens (tertiary/aromatic N) is 1. The highest BCUT2D eigenvalue weighted by Crippen LogP contribution is 2.34. The molecule has 1 aromatic heterocycles. The fraction of sp³-hybridized carbons (Fsp3) is 0.357. The molecule has 2 heterocycles. The van der Waals surface area contributed by atoms with Gasteiger partial charge in [-0.2, -0.15) is 0 Å². The number of aromatic nitrogens is 1. The fourth-order valence-corrected chi connectivity index (χ4v) is 2.48. The first-order valence-electron chi connectivity index (χ1n) is 6.03. The lowest BCUT2D eigenvalue weighted by Crippen LogP contribution is -2.01. The molecule has 0 saturated carbocycles. The topological polar surface area (TPSA) is 22.1 Å². The van der Waals surface area contributed by atoms with Gasteiger partial charge >= 0.3 is 0 Å². The van der Waals surface area contributed by atoms with Crippen LogP contribution in [0.15, 0.2) is 18.2 Å². The van der Waals surface area contributed by atoms with Gasteiger partial charge in [-0.25, -0.2) is 13.8 Å². The third kappa shape index (κ3) is 1.77.